The minimum Gasteiger partial charge on any atom is -0.496 e. The van der Waals surface area contributed by atoms with Gasteiger partial charge in [0.25, 0.3) is 0 Å². The molecule has 270 valence electrons. The number of carbonyl (C=O) groups is 3. The third-order valence-electron chi connectivity index (χ3n) is 11.9. The summed E-state index contributed by atoms with van der Waals surface area (Å²) in [6.45, 7) is 13.0. The van der Waals surface area contributed by atoms with Crippen LogP contribution >= 0.6 is 0 Å². The van der Waals surface area contributed by atoms with Gasteiger partial charge >= 0.3 is 0 Å². The monoisotopic (exact) mass is 671 g/mol. The van der Waals surface area contributed by atoms with Crippen molar-refractivity contribution < 1.29 is 29.1 Å². The number of hydrogen-bond acceptors (Lipinski definition) is 8. The first-order chi connectivity index (χ1) is 22.6. The Balaban J connectivity index is 1.66. The summed E-state index contributed by atoms with van der Waals surface area (Å²) in [5.74, 6) is 1.22. The SMILES string of the molecule is CNC(=O)C(C)CC(CCN(C)C)c1cccc(CN2O[C@@H](CO)[C@@H](C(C)NC(C)=O)[C@H]2C(=O)N[C@H]2C[C@H]3C[C@H]([C@@H]2C)C3(C)C)c1OC. The Morgan fingerprint density at radius 2 is 1.90 bits per heavy atom. The fraction of sp³-hybridized carbons (Fsp3) is 0.757. The summed E-state index contributed by atoms with van der Waals surface area (Å²) >= 11 is 0. The average molecular weight is 672 g/mol. The molecule has 0 radical (unpaired) electrons. The Kier molecular flexibility index (Phi) is 12.6. The molecule has 5 rings (SSSR count). The fourth-order valence-corrected chi connectivity index (χ4v) is 8.98. The quantitative estimate of drug-likeness (QED) is 0.224. The second-order valence-corrected chi connectivity index (χ2v) is 15.6. The summed E-state index contributed by atoms with van der Waals surface area (Å²) in [5, 5.41) is 21.3. The van der Waals surface area contributed by atoms with Crippen LogP contribution in [-0.2, 0) is 25.8 Å². The highest BCUT2D eigenvalue weighted by atomic mass is 16.7. The predicted molar refractivity (Wildman–Crippen MR) is 186 cm³/mol. The number of amides is 3. The molecule has 0 aromatic heterocycles. The fourth-order valence-electron chi connectivity index (χ4n) is 8.98. The van der Waals surface area contributed by atoms with Crippen molar-refractivity contribution in [2.75, 3.05) is 41.4 Å². The minimum atomic E-state index is -0.756. The van der Waals surface area contributed by atoms with Crippen LogP contribution < -0.4 is 20.7 Å². The number of fused-ring (bicyclic) bond motifs is 2. The molecule has 2 bridgehead atoms. The zero-order valence-electron chi connectivity index (χ0n) is 30.8. The molecule has 0 spiro atoms. The van der Waals surface area contributed by atoms with E-state index in [1.165, 1.54) is 13.3 Å². The molecule has 4 aliphatic rings. The number of hydroxylamine groups is 2. The van der Waals surface area contributed by atoms with E-state index in [0.29, 0.717) is 29.9 Å². The lowest BCUT2D eigenvalue weighted by molar-refractivity contribution is -0.183. The number of ether oxygens (including phenoxy) is 1. The molecule has 1 aromatic rings. The van der Waals surface area contributed by atoms with Gasteiger partial charge in [-0.3, -0.25) is 19.2 Å². The van der Waals surface area contributed by atoms with E-state index in [9.17, 15) is 19.5 Å². The second-order valence-electron chi connectivity index (χ2n) is 15.6. The van der Waals surface area contributed by atoms with Gasteiger partial charge in [0.05, 0.1) is 20.3 Å². The molecule has 4 fully saturated rings. The van der Waals surface area contributed by atoms with Gasteiger partial charge < -0.3 is 30.7 Å². The molecule has 3 saturated carbocycles. The van der Waals surface area contributed by atoms with Gasteiger partial charge in [0.2, 0.25) is 17.7 Å². The molecule has 1 saturated heterocycles. The van der Waals surface area contributed by atoms with Crippen molar-refractivity contribution >= 4 is 17.7 Å². The molecule has 3 aliphatic carbocycles. The number of para-hydroxylation sites is 1. The second kappa shape index (κ2) is 15.9. The Hall–Kier alpha value is -2.73. The largest absolute Gasteiger partial charge is 0.496 e. The molecule has 11 nitrogen and oxygen atoms in total. The highest BCUT2D eigenvalue weighted by molar-refractivity contribution is 5.83. The molecule has 3 amide bonds. The normalized spacial score (nSPS) is 29.8. The molecule has 48 heavy (non-hydrogen) atoms. The van der Waals surface area contributed by atoms with E-state index in [0.717, 1.165) is 30.5 Å². The summed E-state index contributed by atoms with van der Waals surface area (Å²) in [6.07, 6.45) is 2.95. The lowest BCUT2D eigenvalue weighted by Crippen LogP contribution is -2.62. The van der Waals surface area contributed by atoms with Gasteiger partial charge in [0.1, 0.15) is 17.9 Å². The number of rotatable bonds is 15. The molecular weight excluding hydrogens is 610 g/mol. The first-order valence-electron chi connectivity index (χ1n) is 17.8. The first-order valence-corrected chi connectivity index (χ1v) is 17.8. The van der Waals surface area contributed by atoms with Crippen LogP contribution in [0.2, 0.25) is 0 Å². The topological polar surface area (TPSA) is 132 Å². The minimum absolute atomic E-state index is 0.00169. The summed E-state index contributed by atoms with van der Waals surface area (Å²) in [6, 6.07) is 4.90. The third-order valence-corrected chi connectivity index (χ3v) is 11.9. The maximum atomic E-state index is 14.4. The zero-order chi connectivity index (χ0) is 35.5. The Labute approximate surface area is 287 Å². The zero-order valence-corrected chi connectivity index (χ0v) is 30.8. The number of nitrogens with one attached hydrogen (secondary N) is 3. The van der Waals surface area contributed by atoms with E-state index in [-0.39, 0.29) is 54.2 Å². The first kappa shape index (κ1) is 38.1. The van der Waals surface area contributed by atoms with E-state index < -0.39 is 24.1 Å². The van der Waals surface area contributed by atoms with Crippen LogP contribution in [-0.4, -0.2) is 98.4 Å². The van der Waals surface area contributed by atoms with Crippen LogP contribution in [0.25, 0.3) is 0 Å². The van der Waals surface area contributed by atoms with Crippen molar-refractivity contribution in [1.82, 2.24) is 25.9 Å². The van der Waals surface area contributed by atoms with Crippen LogP contribution in [0.1, 0.15) is 84.3 Å². The summed E-state index contributed by atoms with van der Waals surface area (Å²) in [7, 11) is 7.39. The van der Waals surface area contributed by atoms with E-state index in [2.05, 4.69) is 47.7 Å². The van der Waals surface area contributed by atoms with Gasteiger partial charge in [-0.05, 0) is 87.9 Å². The Bertz CT molecular complexity index is 1290. The van der Waals surface area contributed by atoms with Crippen molar-refractivity contribution in [1.29, 1.82) is 0 Å². The van der Waals surface area contributed by atoms with Gasteiger partial charge in [-0.2, -0.15) is 5.06 Å². The molecule has 1 heterocycles. The van der Waals surface area contributed by atoms with Crippen LogP contribution in [0.5, 0.6) is 5.75 Å². The highest BCUT2D eigenvalue weighted by Crippen LogP contribution is 2.61. The number of hydrogen-bond donors (Lipinski definition) is 4. The van der Waals surface area contributed by atoms with E-state index in [1.54, 1.807) is 19.2 Å². The van der Waals surface area contributed by atoms with Crippen molar-refractivity contribution in [3.05, 3.63) is 29.3 Å². The standard InChI is InChI=1S/C37H61N5O6/c1-21(35(45)38-7)16-25(14-15-41(8)9)28-13-11-12-26(34(28)47-10)19-42-33(32(31(20-43)48-42)23(3)39-24(4)44)36(46)40-30-18-27-17-29(22(30)2)37(27,5)6/h11-13,21-23,25,27,29-33,43H,14-20H2,1-10H3,(H,38,45)(H,39,44)(H,40,46)/t21?,22-,23?,25?,27+,29+,30-,31-,32+,33-/m0/s1. The molecule has 1 aromatic carbocycles. The maximum Gasteiger partial charge on any atom is 0.240 e. The number of nitrogens with zero attached hydrogens (tertiary/aromatic N) is 2. The highest BCUT2D eigenvalue weighted by Gasteiger charge is 2.57. The Morgan fingerprint density at radius 3 is 2.46 bits per heavy atom. The van der Waals surface area contributed by atoms with Gasteiger partial charge in [0.15, 0.2) is 0 Å². The predicted octanol–water partition coefficient (Wildman–Crippen LogP) is 3.31. The Morgan fingerprint density at radius 1 is 1.19 bits per heavy atom. The van der Waals surface area contributed by atoms with E-state index >= 15 is 0 Å². The van der Waals surface area contributed by atoms with Crippen LogP contribution in [0, 0.1) is 35.0 Å². The van der Waals surface area contributed by atoms with E-state index in [4.69, 9.17) is 9.57 Å². The number of aliphatic hydroxyl groups is 1. The van der Waals surface area contributed by atoms with Crippen molar-refractivity contribution in [2.45, 2.75) is 104 Å². The molecule has 3 unspecified atom stereocenters. The van der Waals surface area contributed by atoms with E-state index in [1.807, 2.05) is 40.1 Å². The van der Waals surface area contributed by atoms with Gasteiger partial charge in [-0.25, -0.2) is 0 Å². The molecule has 10 atom stereocenters. The van der Waals surface area contributed by atoms with Crippen LogP contribution in [0.3, 0.4) is 0 Å². The van der Waals surface area contributed by atoms with Gasteiger partial charge in [-0.1, -0.05) is 45.9 Å². The summed E-state index contributed by atoms with van der Waals surface area (Å²) in [4.78, 5) is 47.6. The van der Waals surface area contributed by atoms with Crippen LogP contribution in [0.4, 0.5) is 0 Å². The number of methoxy groups -OCH3 is 1. The lowest BCUT2D eigenvalue weighted by atomic mass is 9.45. The van der Waals surface area contributed by atoms with Gasteiger partial charge in [-0.15, -0.1) is 0 Å². The number of aliphatic hydroxyl groups excluding tert-OH is 1. The van der Waals surface area contributed by atoms with Crippen molar-refractivity contribution in [2.24, 2.45) is 35.0 Å². The third kappa shape index (κ3) is 8.01. The number of benzene rings is 1. The van der Waals surface area contributed by atoms with Crippen molar-refractivity contribution in [3.63, 3.8) is 0 Å². The lowest BCUT2D eigenvalue weighted by Gasteiger charge is -2.62. The van der Waals surface area contributed by atoms with Crippen LogP contribution in [0.15, 0.2) is 18.2 Å². The number of carbonyl (C=O) groups excluding carboxylic acids is 3. The van der Waals surface area contributed by atoms with Gasteiger partial charge in [0, 0.05) is 43.5 Å². The molecule has 1 aliphatic heterocycles. The average Bonchev–Trinajstić information content (AvgIpc) is 3.41. The smallest absolute Gasteiger partial charge is 0.240 e. The summed E-state index contributed by atoms with van der Waals surface area (Å²) < 4.78 is 6.09. The molecule has 11 heteroatoms. The van der Waals surface area contributed by atoms with Crippen molar-refractivity contribution in [3.8, 4) is 5.75 Å². The maximum absolute atomic E-state index is 14.4. The molecule has 4 N–H and O–H groups in total. The molecular formula is C37H61N5O6. The summed E-state index contributed by atoms with van der Waals surface area (Å²) in [5.41, 5.74) is 2.14.